The van der Waals surface area contributed by atoms with Crippen molar-refractivity contribution in [2.75, 3.05) is 7.11 Å². The fraction of sp³-hybridized carbons (Fsp3) is 0.286. The molecular formula is C14H17N3O2. The van der Waals surface area contributed by atoms with Gasteiger partial charge in [-0.05, 0) is 19.9 Å². The van der Waals surface area contributed by atoms with Crippen LogP contribution in [0.25, 0.3) is 0 Å². The van der Waals surface area contributed by atoms with Crippen LogP contribution < -0.4 is 10.1 Å². The fourth-order valence-electron chi connectivity index (χ4n) is 1.91. The van der Waals surface area contributed by atoms with E-state index in [-0.39, 0.29) is 12.1 Å². The summed E-state index contributed by atoms with van der Waals surface area (Å²) in [6, 6.07) is 5.54. The smallest absolute Gasteiger partial charge is 0.327 e. The highest BCUT2D eigenvalue weighted by molar-refractivity contribution is 5.77. The van der Waals surface area contributed by atoms with Crippen LogP contribution in [0.3, 0.4) is 0 Å². The number of methoxy groups -OCH3 is 1. The minimum absolute atomic E-state index is 0.148. The van der Waals surface area contributed by atoms with Crippen molar-refractivity contribution in [3.63, 3.8) is 0 Å². The molecule has 1 aromatic carbocycles. The summed E-state index contributed by atoms with van der Waals surface area (Å²) in [5, 5.41) is 2.90. The Hall–Kier alpha value is -2.30. The lowest BCUT2D eigenvalue weighted by molar-refractivity contribution is 0.239. The van der Waals surface area contributed by atoms with Crippen molar-refractivity contribution < 1.29 is 9.53 Å². The van der Waals surface area contributed by atoms with Crippen LogP contribution in [0.5, 0.6) is 5.75 Å². The van der Waals surface area contributed by atoms with Crippen LogP contribution in [-0.4, -0.2) is 22.7 Å². The Morgan fingerprint density at radius 1 is 1.47 bits per heavy atom. The zero-order valence-corrected chi connectivity index (χ0v) is 11.3. The number of ether oxygens (including phenoxy) is 1. The lowest BCUT2D eigenvalue weighted by Crippen LogP contribution is -2.30. The zero-order chi connectivity index (χ0) is 13.8. The molecule has 0 aliphatic rings. The van der Waals surface area contributed by atoms with Gasteiger partial charge in [0.1, 0.15) is 12.1 Å². The number of hydrogen-bond acceptors (Lipinski definition) is 3. The Labute approximate surface area is 112 Å². The normalized spacial score (nSPS) is 11.9. The number of rotatable bonds is 3. The Balaban J connectivity index is 2.18. The SMILES string of the molecule is COc1ccc(C)cc1C(C)NC(=O)n1ccnc1. The van der Waals surface area contributed by atoms with Gasteiger partial charge in [0.05, 0.1) is 13.2 Å². The second-order valence-corrected chi connectivity index (χ2v) is 4.39. The molecule has 0 fully saturated rings. The molecule has 19 heavy (non-hydrogen) atoms. The lowest BCUT2D eigenvalue weighted by atomic mass is 10.0. The number of aromatic nitrogens is 2. The molecule has 5 nitrogen and oxygen atoms in total. The van der Waals surface area contributed by atoms with E-state index in [0.717, 1.165) is 16.9 Å². The summed E-state index contributed by atoms with van der Waals surface area (Å²) in [6.07, 6.45) is 4.64. The molecule has 2 aromatic rings. The van der Waals surface area contributed by atoms with Crippen LogP contribution in [0.2, 0.25) is 0 Å². The fourth-order valence-corrected chi connectivity index (χ4v) is 1.91. The predicted octanol–water partition coefficient (Wildman–Crippen LogP) is 2.52. The molecule has 0 spiro atoms. The number of carbonyl (C=O) groups is 1. The van der Waals surface area contributed by atoms with Crippen LogP contribution in [-0.2, 0) is 0 Å². The van der Waals surface area contributed by atoms with Gasteiger partial charge >= 0.3 is 6.03 Å². The molecule has 100 valence electrons. The van der Waals surface area contributed by atoms with Crippen molar-refractivity contribution in [1.29, 1.82) is 0 Å². The Morgan fingerprint density at radius 2 is 2.26 bits per heavy atom. The van der Waals surface area contributed by atoms with Crippen LogP contribution in [0.1, 0.15) is 24.1 Å². The summed E-state index contributed by atoms with van der Waals surface area (Å²) in [6.45, 7) is 3.93. The molecule has 5 heteroatoms. The molecule has 0 bridgehead atoms. The molecule has 1 unspecified atom stereocenters. The predicted molar refractivity (Wildman–Crippen MR) is 72.3 cm³/mol. The molecule has 1 atom stereocenters. The third kappa shape index (κ3) is 2.93. The van der Waals surface area contributed by atoms with E-state index in [1.807, 2.05) is 32.0 Å². The molecule has 2 rings (SSSR count). The quantitative estimate of drug-likeness (QED) is 0.921. The summed E-state index contributed by atoms with van der Waals surface area (Å²) in [5.41, 5.74) is 2.08. The summed E-state index contributed by atoms with van der Waals surface area (Å²) in [4.78, 5) is 15.8. The maximum atomic E-state index is 11.9. The van der Waals surface area contributed by atoms with E-state index in [0.29, 0.717) is 0 Å². The number of carbonyl (C=O) groups excluding carboxylic acids is 1. The molecule has 1 aromatic heterocycles. The first-order valence-electron chi connectivity index (χ1n) is 6.05. The van der Waals surface area contributed by atoms with Crippen LogP contribution in [0.15, 0.2) is 36.9 Å². The summed E-state index contributed by atoms with van der Waals surface area (Å²) < 4.78 is 6.72. The Morgan fingerprint density at radius 3 is 2.89 bits per heavy atom. The van der Waals surface area contributed by atoms with E-state index in [1.165, 1.54) is 10.9 Å². The lowest BCUT2D eigenvalue weighted by Gasteiger charge is -2.18. The van der Waals surface area contributed by atoms with Crippen LogP contribution in [0, 0.1) is 6.92 Å². The first-order chi connectivity index (χ1) is 9.11. The van der Waals surface area contributed by atoms with Gasteiger partial charge in [-0.15, -0.1) is 0 Å². The van der Waals surface area contributed by atoms with Gasteiger partial charge in [-0.2, -0.15) is 0 Å². The van der Waals surface area contributed by atoms with Crippen molar-refractivity contribution in [2.45, 2.75) is 19.9 Å². The van der Waals surface area contributed by atoms with Crippen molar-refractivity contribution in [3.05, 3.63) is 48.0 Å². The third-order valence-electron chi connectivity index (χ3n) is 2.93. The second kappa shape index (κ2) is 5.56. The third-order valence-corrected chi connectivity index (χ3v) is 2.93. The average Bonchev–Trinajstić information content (AvgIpc) is 2.92. The number of nitrogens with zero attached hydrogens (tertiary/aromatic N) is 2. The summed E-state index contributed by atoms with van der Waals surface area (Å²) >= 11 is 0. The number of hydrogen-bond donors (Lipinski definition) is 1. The second-order valence-electron chi connectivity index (χ2n) is 4.39. The number of aryl methyl sites for hydroxylation is 1. The topological polar surface area (TPSA) is 56.1 Å². The molecule has 0 saturated carbocycles. The van der Waals surface area contributed by atoms with Crippen LogP contribution >= 0.6 is 0 Å². The van der Waals surface area contributed by atoms with E-state index < -0.39 is 0 Å². The molecule has 0 aliphatic carbocycles. The van der Waals surface area contributed by atoms with Gasteiger partial charge in [0.25, 0.3) is 0 Å². The zero-order valence-electron chi connectivity index (χ0n) is 11.3. The molecule has 0 radical (unpaired) electrons. The molecule has 1 amide bonds. The van der Waals surface area contributed by atoms with E-state index in [4.69, 9.17) is 4.74 Å². The molecular weight excluding hydrogens is 242 g/mol. The number of benzene rings is 1. The number of nitrogens with one attached hydrogen (secondary N) is 1. The van der Waals surface area contributed by atoms with E-state index in [9.17, 15) is 4.79 Å². The maximum Gasteiger partial charge on any atom is 0.327 e. The Kier molecular flexibility index (Phi) is 3.85. The van der Waals surface area contributed by atoms with Crippen molar-refractivity contribution >= 4 is 6.03 Å². The number of amides is 1. The van der Waals surface area contributed by atoms with Gasteiger partial charge in [0.2, 0.25) is 0 Å². The monoisotopic (exact) mass is 259 g/mol. The highest BCUT2D eigenvalue weighted by Crippen LogP contribution is 2.26. The van der Waals surface area contributed by atoms with Crippen molar-refractivity contribution in [2.24, 2.45) is 0 Å². The average molecular weight is 259 g/mol. The minimum Gasteiger partial charge on any atom is -0.496 e. The molecule has 0 saturated heterocycles. The first kappa shape index (κ1) is 13.1. The standard InChI is InChI=1S/C14H17N3O2/c1-10-4-5-13(19-3)12(8-10)11(2)16-14(18)17-7-6-15-9-17/h4-9,11H,1-3H3,(H,16,18). The van der Waals surface area contributed by atoms with Crippen molar-refractivity contribution in [3.8, 4) is 5.75 Å². The summed E-state index contributed by atoms with van der Waals surface area (Å²) in [7, 11) is 1.62. The van der Waals surface area contributed by atoms with Gasteiger partial charge in [-0.25, -0.2) is 9.78 Å². The van der Waals surface area contributed by atoms with Gasteiger partial charge in [-0.3, -0.25) is 4.57 Å². The van der Waals surface area contributed by atoms with Gasteiger partial charge < -0.3 is 10.1 Å². The van der Waals surface area contributed by atoms with Gasteiger partial charge in [0, 0.05) is 18.0 Å². The molecule has 1 N–H and O–H groups in total. The van der Waals surface area contributed by atoms with E-state index in [2.05, 4.69) is 10.3 Å². The Bertz CT molecular complexity index is 564. The van der Waals surface area contributed by atoms with Crippen molar-refractivity contribution in [1.82, 2.24) is 14.9 Å². The molecule has 0 aliphatic heterocycles. The summed E-state index contributed by atoms with van der Waals surface area (Å²) in [5.74, 6) is 0.768. The highest BCUT2D eigenvalue weighted by Gasteiger charge is 2.14. The highest BCUT2D eigenvalue weighted by atomic mass is 16.5. The molecule has 1 heterocycles. The van der Waals surface area contributed by atoms with E-state index >= 15 is 0 Å². The maximum absolute atomic E-state index is 11.9. The first-order valence-corrected chi connectivity index (χ1v) is 6.05. The van der Waals surface area contributed by atoms with Crippen LogP contribution in [0.4, 0.5) is 4.79 Å². The minimum atomic E-state index is -0.214. The van der Waals surface area contributed by atoms with Gasteiger partial charge in [0.15, 0.2) is 0 Å². The van der Waals surface area contributed by atoms with Gasteiger partial charge in [-0.1, -0.05) is 17.7 Å². The number of imidazole rings is 1. The van der Waals surface area contributed by atoms with E-state index in [1.54, 1.807) is 19.5 Å². The largest absolute Gasteiger partial charge is 0.496 e.